The summed E-state index contributed by atoms with van der Waals surface area (Å²) in [5.41, 5.74) is 18.6. The van der Waals surface area contributed by atoms with Gasteiger partial charge in [0.05, 0.1) is 0 Å². The van der Waals surface area contributed by atoms with E-state index in [4.69, 9.17) is 0 Å². The molecular weight excluding hydrogens is 821 g/mol. The lowest BCUT2D eigenvalue weighted by molar-refractivity contribution is 0.833. The number of rotatable bonds is 4. The van der Waals surface area contributed by atoms with E-state index in [1.54, 1.807) is 11.1 Å². The maximum absolute atomic E-state index is 2.58. The van der Waals surface area contributed by atoms with E-state index in [-0.39, 0.29) is 0 Å². The van der Waals surface area contributed by atoms with Gasteiger partial charge in [-0.15, -0.1) is 0 Å². The Bertz CT molecular complexity index is 3880. The Kier molecular flexibility index (Phi) is 9.15. The predicted octanol–water partition coefficient (Wildman–Crippen LogP) is 18.2. The Labute approximate surface area is 398 Å². The van der Waals surface area contributed by atoms with Crippen LogP contribution in [0.1, 0.15) is 49.7 Å². The van der Waals surface area contributed by atoms with Crippen molar-refractivity contribution in [3.63, 3.8) is 0 Å². The van der Waals surface area contributed by atoms with Crippen LogP contribution in [-0.4, -0.2) is 0 Å². The topological polar surface area (TPSA) is 6.48 Å². The van der Waals surface area contributed by atoms with Gasteiger partial charge in [0.15, 0.2) is 0 Å². The van der Waals surface area contributed by atoms with Crippen LogP contribution in [-0.2, 0) is 12.8 Å². The molecule has 0 spiro atoms. The quantitative estimate of drug-likeness (QED) is 0.128. The van der Waals surface area contributed by atoms with E-state index in [9.17, 15) is 0 Å². The first-order chi connectivity index (χ1) is 33.7. The van der Waals surface area contributed by atoms with Crippen molar-refractivity contribution in [1.29, 1.82) is 0 Å². The van der Waals surface area contributed by atoms with Crippen LogP contribution in [0.3, 0.4) is 0 Å². The molecule has 0 atom stereocenters. The molecule has 2 heterocycles. The summed E-state index contributed by atoms with van der Waals surface area (Å²) in [6.45, 7) is 0. The van der Waals surface area contributed by atoms with Crippen LogP contribution in [0, 0.1) is 0 Å². The first-order valence-electron chi connectivity index (χ1n) is 24.7. The molecule has 0 bridgehead atoms. The maximum atomic E-state index is 2.58. The zero-order valence-corrected chi connectivity index (χ0v) is 38.2. The van der Waals surface area contributed by atoms with Gasteiger partial charge in [0.1, 0.15) is 0 Å². The molecule has 0 N–H and O–H groups in total. The molecule has 2 nitrogen and oxygen atoms in total. The van der Waals surface area contributed by atoms with Gasteiger partial charge < -0.3 is 9.80 Å². The van der Waals surface area contributed by atoms with Crippen LogP contribution in [0.5, 0.6) is 0 Å². The van der Waals surface area contributed by atoms with Gasteiger partial charge in [-0.2, -0.15) is 0 Å². The molecule has 0 saturated heterocycles. The number of anilines is 4. The van der Waals surface area contributed by atoms with E-state index in [2.05, 4.69) is 216 Å². The molecule has 2 aliphatic heterocycles. The van der Waals surface area contributed by atoms with E-state index in [0.29, 0.717) is 0 Å². The Morgan fingerprint density at radius 2 is 0.853 bits per heavy atom. The zero-order chi connectivity index (χ0) is 44.7. The highest BCUT2D eigenvalue weighted by molar-refractivity contribution is 6.27. The van der Waals surface area contributed by atoms with Gasteiger partial charge in [0.25, 0.3) is 0 Å². The van der Waals surface area contributed by atoms with E-state index in [1.165, 1.54) is 121 Å². The number of aryl methyl sites for hydroxylation is 2. The smallest absolute Gasteiger partial charge is 0.0493 e. The molecule has 0 fully saturated rings. The van der Waals surface area contributed by atoms with Gasteiger partial charge in [0, 0.05) is 34.1 Å². The minimum absolute atomic E-state index is 1.05. The molecule has 10 aromatic carbocycles. The summed E-state index contributed by atoms with van der Waals surface area (Å²) in [6.07, 6.45) is 18.2. The Morgan fingerprint density at radius 3 is 1.51 bits per heavy atom. The van der Waals surface area contributed by atoms with Gasteiger partial charge in [-0.05, 0) is 210 Å². The molecule has 2 heteroatoms. The van der Waals surface area contributed by atoms with Crippen molar-refractivity contribution in [1.82, 2.24) is 0 Å². The molecule has 0 radical (unpaired) electrons. The average Bonchev–Trinajstić information content (AvgIpc) is 3.68. The number of benzene rings is 10. The lowest BCUT2D eigenvalue weighted by Gasteiger charge is -2.31. The lowest BCUT2D eigenvalue weighted by Crippen LogP contribution is -2.18. The largest absolute Gasteiger partial charge is 0.310 e. The number of hydrogen-bond acceptors (Lipinski definition) is 2. The zero-order valence-electron chi connectivity index (χ0n) is 38.2. The van der Waals surface area contributed by atoms with Gasteiger partial charge in [0.2, 0.25) is 0 Å². The number of nitrogens with zero attached hydrogens (tertiary/aromatic N) is 2. The van der Waals surface area contributed by atoms with E-state index < -0.39 is 0 Å². The van der Waals surface area contributed by atoms with Crippen molar-refractivity contribution in [2.45, 2.75) is 51.4 Å². The fraction of sp³-hybridized carbons (Fsp3) is 0.121. The summed E-state index contributed by atoms with van der Waals surface area (Å²) in [5.74, 6) is 0. The summed E-state index contributed by atoms with van der Waals surface area (Å²) < 4.78 is 0. The van der Waals surface area contributed by atoms with Crippen molar-refractivity contribution >= 4 is 76.6 Å². The van der Waals surface area contributed by atoms with E-state index in [1.807, 2.05) is 0 Å². The fourth-order valence-electron chi connectivity index (χ4n) is 12.3. The number of para-hydroxylation sites is 2. The standard InChI is InChI=1S/C66H50N2/c1-2-20-48-39-50(34-29-43(48)15-1)65-56-37-35-52(68-63-27-13-6-18-46(63)32-33-47-19-7-14-28-64(47)68)42-60(56)66(58-40-49-21-3-8-22-53(49)54-23-9-10-24-55(54)58)57-38-36-51(41-59(57)65)67-61-25-11-4-16-44(61)30-31-45-17-5-12-26-62(45)67/h1-4,6,8-16,18,20-29,34-42H,5,7,17,19,30-33H2. The normalized spacial score (nSPS) is 15.8. The van der Waals surface area contributed by atoms with E-state index in [0.717, 1.165) is 51.4 Å². The second kappa shape index (κ2) is 15.9. The summed E-state index contributed by atoms with van der Waals surface area (Å²) in [5, 5.41) is 12.6. The first kappa shape index (κ1) is 39.2. The predicted molar refractivity (Wildman–Crippen MR) is 289 cm³/mol. The molecule has 10 aromatic rings. The third-order valence-electron chi connectivity index (χ3n) is 15.5. The van der Waals surface area contributed by atoms with Gasteiger partial charge in [-0.3, -0.25) is 0 Å². The lowest BCUT2D eigenvalue weighted by atomic mass is 9.83. The summed E-state index contributed by atoms with van der Waals surface area (Å²) in [4.78, 5) is 5.16. The van der Waals surface area contributed by atoms with Gasteiger partial charge in [-0.1, -0.05) is 146 Å². The second-order valence-electron chi connectivity index (χ2n) is 19.3. The van der Waals surface area contributed by atoms with Crippen LogP contribution in [0.2, 0.25) is 0 Å². The Morgan fingerprint density at radius 1 is 0.324 bits per heavy atom. The molecule has 4 aliphatic rings. The minimum atomic E-state index is 1.05. The molecule has 0 unspecified atom stereocenters. The van der Waals surface area contributed by atoms with Crippen molar-refractivity contribution in [2.75, 3.05) is 9.80 Å². The fourth-order valence-corrected chi connectivity index (χ4v) is 12.3. The Hall–Kier alpha value is -7.94. The summed E-state index contributed by atoms with van der Waals surface area (Å²) >= 11 is 0. The Balaban J connectivity index is 1.14. The highest BCUT2D eigenvalue weighted by Gasteiger charge is 2.29. The molecule has 0 saturated carbocycles. The van der Waals surface area contributed by atoms with Crippen LogP contribution in [0.4, 0.5) is 22.7 Å². The van der Waals surface area contributed by atoms with Crippen LogP contribution < -0.4 is 9.80 Å². The number of hydrogen-bond donors (Lipinski definition) is 0. The molecule has 2 aliphatic carbocycles. The first-order valence-corrected chi connectivity index (χ1v) is 24.7. The highest BCUT2D eigenvalue weighted by atomic mass is 15.2. The number of allylic oxidation sites excluding steroid dienone is 6. The van der Waals surface area contributed by atoms with Crippen LogP contribution in [0.25, 0.3) is 76.1 Å². The molecule has 324 valence electrons. The molecule has 14 rings (SSSR count). The van der Waals surface area contributed by atoms with Crippen molar-refractivity contribution in [3.8, 4) is 22.3 Å². The monoisotopic (exact) mass is 870 g/mol. The highest BCUT2D eigenvalue weighted by Crippen LogP contribution is 2.51. The minimum Gasteiger partial charge on any atom is -0.310 e. The molecule has 68 heavy (non-hydrogen) atoms. The molecule has 0 amide bonds. The van der Waals surface area contributed by atoms with E-state index >= 15 is 0 Å². The van der Waals surface area contributed by atoms with Crippen LogP contribution in [0.15, 0.2) is 229 Å². The van der Waals surface area contributed by atoms with Crippen molar-refractivity contribution in [3.05, 3.63) is 240 Å². The molecular formula is C66H50N2. The number of fused-ring (bicyclic) bond motifs is 8. The molecule has 0 aromatic heterocycles. The summed E-state index contributed by atoms with van der Waals surface area (Å²) in [6, 6.07) is 69.4. The average molecular weight is 871 g/mol. The van der Waals surface area contributed by atoms with Gasteiger partial charge >= 0.3 is 0 Å². The second-order valence-corrected chi connectivity index (χ2v) is 19.3. The van der Waals surface area contributed by atoms with Crippen molar-refractivity contribution in [2.24, 2.45) is 0 Å². The maximum Gasteiger partial charge on any atom is 0.0493 e. The van der Waals surface area contributed by atoms with Crippen LogP contribution >= 0.6 is 0 Å². The van der Waals surface area contributed by atoms with Gasteiger partial charge in [-0.25, -0.2) is 0 Å². The third-order valence-corrected chi connectivity index (χ3v) is 15.5. The third kappa shape index (κ3) is 6.24. The SMILES string of the molecule is C1=CC2=C(CC1)CCc1ccccc1N2c1ccc2c(-c3cc4ccccc4c4ccccc34)c3cc(N4C5=C(CCC=C5)CCc5ccccc54)ccc3c(-c3ccc4ccccc4c3)c2c1. The van der Waals surface area contributed by atoms with Crippen molar-refractivity contribution < 1.29 is 0 Å². The summed E-state index contributed by atoms with van der Waals surface area (Å²) in [7, 11) is 0.